The predicted molar refractivity (Wildman–Crippen MR) is 62.7 cm³/mol. The quantitative estimate of drug-likeness (QED) is 0.848. The van der Waals surface area contributed by atoms with Crippen LogP contribution in [0.25, 0.3) is 5.69 Å². The van der Waals surface area contributed by atoms with Crippen molar-refractivity contribution in [2.75, 3.05) is 11.9 Å². The SMILES string of the molecule is CCCNc1cccc(-n2nnnc2C)c1. The Morgan fingerprint density at radius 1 is 1.38 bits per heavy atom. The van der Waals surface area contributed by atoms with Gasteiger partial charge in [-0.15, -0.1) is 5.10 Å². The molecule has 0 saturated heterocycles. The number of nitrogens with zero attached hydrogens (tertiary/aromatic N) is 4. The number of hydrogen-bond acceptors (Lipinski definition) is 4. The number of hydrogen-bond donors (Lipinski definition) is 1. The molecule has 0 saturated carbocycles. The Kier molecular flexibility index (Phi) is 3.14. The van der Waals surface area contributed by atoms with Gasteiger partial charge in [-0.25, -0.2) is 0 Å². The third kappa shape index (κ3) is 2.18. The lowest BCUT2D eigenvalue weighted by Crippen LogP contribution is -2.03. The van der Waals surface area contributed by atoms with Crippen LogP contribution in [0, 0.1) is 6.92 Å². The highest BCUT2D eigenvalue weighted by Gasteiger charge is 2.03. The molecular formula is C11H15N5. The van der Waals surface area contributed by atoms with Gasteiger partial charge in [0.1, 0.15) is 0 Å². The average molecular weight is 217 g/mol. The van der Waals surface area contributed by atoms with E-state index in [9.17, 15) is 0 Å². The lowest BCUT2D eigenvalue weighted by atomic mass is 10.2. The van der Waals surface area contributed by atoms with Crippen molar-refractivity contribution in [2.24, 2.45) is 0 Å². The van der Waals surface area contributed by atoms with Gasteiger partial charge >= 0.3 is 0 Å². The lowest BCUT2D eigenvalue weighted by molar-refractivity contribution is 0.779. The van der Waals surface area contributed by atoms with Gasteiger partial charge in [-0.05, 0) is 42.0 Å². The molecule has 1 aromatic carbocycles. The summed E-state index contributed by atoms with van der Waals surface area (Å²) in [6, 6.07) is 8.06. The van der Waals surface area contributed by atoms with Gasteiger partial charge in [0.2, 0.25) is 0 Å². The summed E-state index contributed by atoms with van der Waals surface area (Å²) >= 11 is 0. The van der Waals surface area contributed by atoms with Gasteiger partial charge in [-0.2, -0.15) is 4.68 Å². The maximum Gasteiger partial charge on any atom is 0.153 e. The summed E-state index contributed by atoms with van der Waals surface area (Å²) in [5.41, 5.74) is 2.07. The Morgan fingerprint density at radius 3 is 2.94 bits per heavy atom. The van der Waals surface area contributed by atoms with Gasteiger partial charge in [0, 0.05) is 12.2 Å². The monoisotopic (exact) mass is 217 g/mol. The minimum atomic E-state index is 0.785. The van der Waals surface area contributed by atoms with Crippen molar-refractivity contribution in [2.45, 2.75) is 20.3 Å². The summed E-state index contributed by atoms with van der Waals surface area (Å²) in [4.78, 5) is 0. The number of tetrazole rings is 1. The van der Waals surface area contributed by atoms with Gasteiger partial charge in [-0.3, -0.25) is 0 Å². The van der Waals surface area contributed by atoms with Crippen molar-refractivity contribution in [1.29, 1.82) is 0 Å². The number of nitrogens with one attached hydrogen (secondary N) is 1. The fourth-order valence-corrected chi connectivity index (χ4v) is 1.49. The summed E-state index contributed by atoms with van der Waals surface area (Å²) in [7, 11) is 0. The van der Waals surface area contributed by atoms with Crippen LogP contribution in [-0.2, 0) is 0 Å². The first-order chi connectivity index (χ1) is 7.81. The van der Waals surface area contributed by atoms with E-state index >= 15 is 0 Å². The first kappa shape index (κ1) is 10.6. The molecule has 2 rings (SSSR count). The van der Waals surface area contributed by atoms with Crippen molar-refractivity contribution in [3.05, 3.63) is 30.1 Å². The van der Waals surface area contributed by atoms with Crippen LogP contribution in [0.15, 0.2) is 24.3 Å². The van der Waals surface area contributed by atoms with Gasteiger partial charge in [-0.1, -0.05) is 13.0 Å². The Bertz CT molecular complexity index is 463. The van der Waals surface area contributed by atoms with Gasteiger partial charge in [0.15, 0.2) is 5.82 Å². The van der Waals surface area contributed by atoms with E-state index in [1.165, 1.54) is 0 Å². The Labute approximate surface area is 94.5 Å². The molecule has 0 aliphatic heterocycles. The molecule has 0 aliphatic rings. The minimum Gasteiger partial charge on any atom is -0.385 e. The Morgan fingerprint density at radius 2 is 2.25 bits per heavy atom. The smallest absolute Gasteiger partial charge is 0.153 e. The number of aromatic nitrogens is 4. The van der Waals surface area contributed by atoms with Gasteiger partial charge < -0.3 is 5.32 Å². The van der Waals surface area contributed by atoms with E-state index in [2.05, 4.69) is 27.8 Å². The van der Waals surface area contributed by atoms with E-state index in [0.29, 0.717) is 0 Å². The van der Waals surface area contributed by atoms with Crippen LogP contribution in [0.1, 0.15) is 19.2 Å². The fourth-order valence-electron chi connectivity index (χ4n) is 1.49. The summed E-state index contributed by atoms with van der Waals surface area (Å²) in [5.74, 6) is 0.785. The molecule has 0 amide bonds. The number of anilines is 1. The highest BCUT2D eigenvalue weighted by molar-refractivity contribution is 5.50. The maximum atomic E-state index is 3.94. The van der Waals surface area contributed by atoms with Gasteiger partial charge in [0.25, 0.3) is 0 Å². The molecule has 0 aliphatic carbocycles. The molecule has 0 fully saturated rings. The van der Waals surface area contributed by atoms with Gasteiger partial charge in [0.05, 0.1) is 5.69 Å². The van der Waals surface area contributed by atoms with Crippen molar-refractivity contribution >= 4 is 5.69 Å². The van der Waals surface area contributed by atoms with Crippen LogP contribution in [0.4, 0.5) is 5.69 Å². The maximum absolute atomic E-state index is 3.94. The second-order valence-electron chi connectivity index (χ2n) is 3.62. The normalized spacial score (nSPS) is 10.4. The van der Waals surface area contributed by atoms with E-state index in [1.54, 1.807) is 4.68 Å². The first-order valence-corrected chi connectivity index (χ1v) is 5.40. The average Bonchev–Trinajstić information content (AvgIpc) is 2.73. The zero-order valence-corrected chi connectivity index (χ0v) is 9.51. The molecular weight excluding hydrogens is 202 g/mol. The molecule has 1 aromatic heterocycles. The molecule has 16 heavy (non-hydrogen) atoms. The van der Waals surface area contributed by atoms with Crippen LogP contribution in [0.5, 0.6) is 0 Å². The number of aryl methyl sites for hydroxylation is 1. The van der Waals surface area contributed by atoms with Crippen LogP contribution in [0.3, 0.4) is 0 Å². The highest BCUT2D eigenvalue weighted by Crippen LogP contribution is 2.14. The molecule has 0 radical (unpaired) electrons. The van der Waals surface area contributed by atoms with E-state index in [4.69, 9.17) is 0 Å². The molecule has 0 bridgehead atoms. The topological polar surface area (TPSA) is 55.6 Å². The van der Waals surface area contributed by atoms with Crippen LogP contribution < -0.4 is 5.32 Å². The Hall–Kier alpha value is -1.91. The van der Waals surface area contributed by atoms with Crippen molar-refractivity contribution < 1.29 is 0 Å². The molecule has 5 nitrogen and oxygen atoms in total. The summed E-state index contributed by atoms with van der Waals surface area (Å²) < 4.78 is 1.72. The second-order valence-corrected chi connectivity index (χ2v) is 3.62. The summed E-state index contributed by atoms with van der Waals surface area (Å²) in [6.07, 6.45) is 1.11. The number of rotatable bonds is 4. The standard InChI is InChI=1S/C11H15N5/c1-3-7-12-10-5-4-6-11(8-10)16-9(2)13-14-15-16/h4-6,8,12H,3,7H2,1-2H3. The molecule has 84 valence electrons. The molecule has 0 spiro atoms. The van der Waals surface area contributed by atoms with Crippen molar-refractivity contribution in [3.8, 4) is 5.69 Å². The molecule has 2 aromatic rings. The Balaban J connectivity index is 2.26. The minimum absolute atomic E-state index is 0.785. The fraction of sp³-hybridized carbons (Fsp3) is 0.364. The molecule has 0 atom stereocenters. The van der Waals surface area contributed by atoms with Crippen LogP contribution in [0.2, 0.25) is 0 Å². The summed E-state index contributed by atoms with van der Waals surface area (Å²) in [5, 5.41) is 14.8. The van der Waals surface area contributed by atoms with Crippen LogP contribution >= 0.6 is 0 Å². The zero-order chi connectivity index (χ0) is 11.4. The lowest BCUT2D eigenvalue weighted by Gasteiger charge is -2.07. The third-order valence-electron chi connectivity index (χ3n) is 2.30. The van der Waals surface area contributed by atoms with Crippen molar-refractivity contribution in [3.63, 3.8) is 0 Å². The van der Waals surface area contributed by atoms with E-state index in [1.807, 2.05) is 31.2 Å². The van der Waals surface area contributed by atoms with E-state index < -0.39 is 0 Å². The third-order valence-corrected chi connectivity index (χ3v) is 2.30. The molecule has 5 heteroatoms. The van der Waals surface area contributed by atoms with Crippen LogP contribution in [-0.4, -0.2) is 26.8 Å². The van der Waals surface area contributed by atoms with Crippen molar-refractivity contribution in [1.82, 2.24) is 20.2 Å². The highest BCUT2D eigenvalue weighted by atomic mass is 15.5. The van der Waals surface area contributed by atoms with E-state index in [0.717, 1.165) is 30.2 Å². The van der Waals surface area contributed by atoms with E-state index in [-0.39, 0.29) is 0 Å². The molecule has 1 N–H and O–H groups in total. The second kappa shape index (κ2) is 4.74. The predicted octanol–water partition coefficient (Wildman–Crippen LogP) is 1.79. The number of benzene rings is 1. The summed E-state index contributed by atoms with van der Waals surface area (Å²) in [6.45, 7) is 4.99. The zero-order valence-electron chi connectivity index (χ0n) is 9.51. The largest absolute Gasteiger partial charge is 0.385 e. The first-order valence-electron chi connectivity index (χ1n) is 5.40. The molecule has 0 unspecified atom stereocenters. The molecule has 1 heterocycles.